The van der Waals surface area contributed by atoms with Crippen molar-refractivity contribution in [2.45, 2.75) is 30.7 Å². The molecule has 6 N–H and O–H groups in total. The standard InChI is InChI=1S/C17H22ClN3O6S/c18-11-3-1-10(2-4-11)8-28-9-13(16(25)20-7-15(23)24)21-14(22)6-5-12(19)17(26)27/h1-4,12-13H,5-9,19H2,(H,20,25)(H,21,22)(H,23,24)(H,26,27). The zero-order chi connectivity index (χ0) is 21.1. The van der Waals surface area contributed by atoms with Gasteiger partial charge in [-0.3, -0.25) is 19.2 Å². The van der Waals surface area contributed by atoms with E-state index < -0.39 is 42.4 Å². The van der Waals surface area contributed by atoms with E-state index in [0.29, 0.717) is 10.8 Å². The Hall–Kier alpha value is -2.30. The molecular weight excluding hydrogens is 410 g/mol. The molecular formula is C17H22ClN3O6S. The first kappa shape index (κ1) is 23.7. The lowest BCUT2D eigenvalue weighted by atomic mass is 10.1. The van der Waals surface area contributed by atoms with Crippen molar-refractivity contribution in [2.75, 3.05) is 12.3 Å². The molecule has 0 aliphatic heterocycles. The number of benzene rings is 1. The molecule has 0 aromatic heterocycles. The number of halogens is 1. The van der Waals surface area contributed by atoms with Gasteiger partial charge in [0.05, 0.1) is 0 Å². The maximum Gasteiger partial charge on any atom is 0.322 e. The molecule has 0 spiro atoms. The summed E-state index contributed by atoms with van der Waals surface area (Å²) in [7, 11) is 0. The number of nitrogens with two attached hydrogens (primary N) is 1. The third kappa shape index (κ3) is 9.58. The smallest absolute Gasteiger partial charge is 0.322 e. The third-order valence-electron chi connectivity index (χ3n) is 3.53. The Morgan fingerprint density at radius 3 is 2.36 bits per heavy atom. The van der Waals surface area contributed by atoms with Crippen LogP contribution in [0.25, 0.3) is 0 Å². The van der Waals surface area contributed by atoms with Gasteiger partial charge in [-0.25, -0.2) is 0 Å². The van der Waals surface area contributed by atoms with E-state index >= 15 is 0 Å². The van der Waals surface area contributed by atoms with E-state index in [0.717, 1.165) is 5.56 Å². The average molecular weight is 432 g/mol. The predicted octanol–water partition coefficient (Wildman–Crippen LogP) is 0.451. The fourth-order valence-electron chi connectivity index (χ4n) is 2.02. The molecule has 0 saturated carbocycles. The minimum absolute atomic E-state index is 0.0808. The van der Waals surface area contributed by atoms with Gasteiger partial charge >= 0.3 is 11.9 Å². The Morgan fingerprint density at radius 1 is 1.14 bits per heavy atom. The number of aliphatic carboxylic acids is 2. The average Bonchev–Trinajstić information content (AvgIpc) is 2.64. The number of carboxylic acid groups (broad SMARTS) is 2. The van der Waals surface area contributed by atoms with E-state index in [-0.39, 0.29) is 18.6 Å². The van der Waals surface area contributed by atoms with Crippen molar-refractivity contribution in [3.8, 4) is 0 Å². The SMILES string of the molecule is NC(CCC(=O)NC(CSCc1ccc(Cl)cc1)C(=O)NCC(=O)O)C(=O)O. The number of nitrogens with one attached hydrogen (secondary N) is 2. The molecule has 1 aromatic rings. The van der Waals surface area contributed by atoms with Gasteiger partial charge in [0.1, 0.15) is 18.6 Å². The van der Waals surface area contributed by atoms with E-state index in [1.54, 1.807) is 12.1 Å². The maximum atomic E-state index is 12.2. The van der Waals surface area contributed by atoms with Crippen molar-refractivity contribution in [1.82, 2.24) is 10.6 Å². The number of thioether (sulfide) groups is 1. The zero-order valence-corrected chi connectivity index (χ0v) is 16.5. The minimum atomic E-state index is -1.22. The normalized spacial score (nSPS) is 12.6. The van der Waals surface area contributed by atoms with E-state index in [2.05, 4.69) is 10.6 Å². The molecule has 0 bridgehead atoms. The Kier molecular flexibility index (Phi) is 10.4. The van der Waals surface area contributed by atoms with Gasteiger partial charge in [-0.2, -0.15) is 11.8 Å². The molecule has 28 heavy (non-hydrogen) atoms. The van der Waals surface area contributed by atoms with Crippen molar-refractivity contribution < 1.29 is 29.4 Å². The summed E-state index contributed by atoms with van der Waals surface area (Å²) in [5, 5.41) is 22.7. The number of carbonyl (C=O) groups excluding carboxylic acids is 2. The molecule has 1 rings (SSSR count). The number of hydrogen-bond acceptors (Lipinski definition) is 6. The van der Waals surface area contributed by atoms with Gasteiger partial charge < -0.3 is 26.6 Å². The van der Waals surface area contributed by atoms with Crippen molar-refractivity contribution in [2.24, 2.45) is 5.73 Å². The molecule has 154 valence electrons. The van der Waals surface area contributed by atoms with Crippen LogP contribution < -0.4 is 16.4 Å². The highest BCUT2D eigenvalue weighted by Gasteiger charge is 2.22. The van der Waals surface area contributed by atoms with Crippen LogP contribution in [0.15, 0.2) is 24.3 Å². The van der Waals surface area contributed by atoms with Crippen LogP contribution in [0.3, 0.4) is 0 Å². The summed E-state index contributed by atoms with van der Waals surface area (Å²) in [6.07, 6.45) is -0.249. The minimum Gasteiger partial charge on any atom is -0.480 e. The molecule has 2 atom stereocenters. The predicted molar refractivity (Wildman–Crippen MR) is 105 cm³/mol. The van der Waals surface area contributed by atoms with E-state index in [4.69, 9.17) is 27.5 Å². The van der Waals surface area contributed by atoms with Crippen LogP contribution in [-0.4, -0.2) is 58.3 Å². The number of amides is 2. The van der Waals surface area contributed by atoms with Gasteiger partial charge in [-0.15, -0.1) is 0 Å². The van der Waals surface area contributed by atoms with Crippen molar-refractivity contribution in [3.05, 3.63) is 34.9 Å². The molecule has 0 aliphatic rings. The largest absolute Gasteiger partial charge is 0.480 e. The first-order valence-electron chi connectivity index (χ1n) is 8.28. The summed E-state index contributed by atoms with van der Waals surface area (Å²) < 4.78 is 0. The molecule has 0 radical (unpaired) electrons. The zero-order valence-electron chi connectivity index (χ0n) is 14.9. The second kappa shape index (κ2) is 12.2. The molecule has 11 heteroatoms. The van der Waals surface area contributed by atoms with Crippen LogP contribution in [0.1, 0.15) is 18.4 Å². The Labute approximate surface area is 171 Å². The van der Waals surface area contributed by atoms with Crippen LogP contribution in [0.5, 0.6) is 0 Å². The first-order chi connectivity index (χ1) is 13.2. The lowest BCUT2D eigenvalue weighted by molar-refractivity contribution is -0.139. The third-order valence-corrected chi connectivity index (χ3v) is 4.89. The van der Waals surface area contributed by atoms with Gasteiger partial charge in [0.15, 0.2) is 0 Å². The van der Waals surface area contributed by atoms with Gasteiger partial charge in [0.2, 0.25) is 11.8 Å². The van der Waals surface area contributed by atoms with Gasteiger partial charge in [0, 0.05) is 22.9 Å². The van der Waals surface area contributed by atoms with E-state index in [1.165, 1.54) is 11.8 Å². The molecule has 0 aliphatic carbocycles. The quantitative estimate of drug-likeness (QED) is 0.319. The van der Waals surface area contributed by atoms with E-state index in [1.807, 2.05) is 12.1 Å². The molecule has 2 amide bonds. The van der Waals surface area contributed by atoms with Crippen LogP contribution in [-0.2, 0) is 24.9 Å². The summed E-state index contributed by atoms with van der Waals surface area (Å²) in [6, 6.07) is 5.00. The highest BCUT2D eigenvalue weighted by Crippen LogP contribution is 2.16. The van der Waals surface area contributed by atoms with Crippen molar-refractivity contribution in [3.63, 3.8) is 0 Å². The van der Waals surface area contributed by atoms with Gasteiger partial charge in [-0.05, 0) is 24.1 Å². The van der Waals surface area contributed by atoms with Crippen LogP contribution in [0, 0.1) is 0 Å². The fourth-order valence-corrected chi connectivity index (χ4v) is 3.16. The summed E-state index contributed by atoms with van der Waals surface area (Å²) in [6.45, 7) is -0.572. The summed E-state index contributed by atoms with van der Waals surface area (Å²) >= 11 is 7.20. The lowest BCUT2D eigenvalue weighted by Crippen LogP contribution is -2.49. The van der Waals surface area contributed by atoms with E-state index in [9.17, 15) is 19.2 Å². The lowest BCUT2D eigenvalue weighted by Gasteiger charge is -2.18. The molecule has 1 aromatic carbocycles. The van der Waals surface area contributed by atoms with Gasteiger partial charge in [0.25, 0.3) is 0 Å². The fraction of sp³-hybridized carbons (Fsp3) is 0.412. The van der Waals surface area contributed by atoms with Gasteiger partial charge in [-0.1, -0.05) is 23.7 Å². The molecule has 0 saturated heterocycles. The Bertz CT molecular complexity index is 701. The van der Waals surface area contributed by atoms with Crippen LogP contribution in [0.4, 0.5) is 0 Å². The molecule has 2 unspecified atom stereocenters. The second-order valence-corrected chi connectivity index (χ2v) is 7.32. The van der Waals surface area contributed by atoms with Crippen LogP contribution >= 0.6 is 23.4 Å². The highest BCUT2D eigenvalue weighted by molar-refractivity contribution is 7.98. The number of carbonyl (C=O) groups is 4. The summed E-state index contributed by atoms with van der Waals surface area (Å²) in [5.41, 5.74) is 6.32. The van der Waals surface area contributed by atoms with Crippen LogP contribution in [0.2, 0.25) is 5.02 Å². The Morgan fingerprint density at radius 2 is 1.79 bits per heavy atom. The van der Waals surface area contributed by atoms with Crippen molar-refractivity contribution in [1.29, 1.82) is 0 Å². The highest BCUT2D eigenvalue weighted by atomic mass is 35.5. The Balaban J connectivity index is 2.60. The molecule has 0 fully saturated rings. The maximum absolute atomic E-state index is 12.2. The molecule has 9 nitrogen and oxygen atoms in total. The first-order valence-corrected chi connectivity index (χ1v) is 9.81. The summed E-state index contributed by atoms with van der Waals surface area (Å²) in [5.74, 6) is -2.85. The second-order valence-electron chi connectivity index (χ2n) is 5.86. The number of hydrogen-bond donors (Lipinski definition) is 5. The van der Waals surface area contributed by atoms with Crippen molar-refractivity contribution >= 4 is 47.1 Å². The monoisotopic (exact) mass is 431 g/mol. The number of rotatable bonds is 12. The topological polar surface area (TPSA) is 159 Å². The summed E-state index contributed by atoms with van der Waals surface area (Å²) in [4.78, 5) is 45.5. The number of carboxylic acids is 2. The molecule has 0 heterocycles.